The lowest BCUT2D eigenvalue weighted by atomic mass is 10.2. The summed E-state index contributed by atoms with van der Waals surface area (Å²) in [6, 6.07) is 3.81. The molecule has 0 aliphatic rings. The molecule has 1 aromatic rings. The van der Waals surface area contributed by atoms with Gasteiger partial charge in [-0.15, -0.1) is 0 Å². The van der Waals surface area contributed by atoms with Crippen molar-refractivity contribution < 1.29 is 18.0 Å². The summed E-state index contributed by atoms with van der Waals surface area (Å²) in [5.74, 6) is -1.10. The van der Waals surface area contributed by atoms with Crippen molar-refractivity contribution in [2.45, 2.75) is 11.8 Å². The van der Waals surface area contributed by atoms with Gasteiger partial charge in [0.05, 0.1) is 5.02 Å². The van der Waals surface area contributed by atoms with Crippen LogP contribution in [0.25, 0.3) is 0 Å². The minimum atomic E-state index is -3.76. The van der Waals surface area contributed by atoms with Crippen LogP contribution in [-0.4, -0.2) is 38.6 Å². The lowest BCUT2D eigenvalue weighted by molar-refractivity contribution is -0.119. The number of rotatable bonds is 3. The van der Waals surface area contributed by atoms with E-state index in [1.807, 2.05) is 0 Å². The van der Waals surface area contributed by atoms with E-state index in [0.717, 1.165) is 10.4 Å². The Hall–Kier alpha value is -1.64. The summed E-state index contributed by atoms with van der Waals surface area (Å²) in [5.41, 5.74) is 4.30. The van der Waals surface area contributed by atoms with Crippen LogP contribution in [0.1, 0.15) is 17.3 Å². The number of hydrogen-bond acceptors (Lipinski definition) is 4. The van der Waals surface area contributed by atoms with Crippen molar-refractivity contribution in [2.24, 2.45) is 0 Å². The van der Waals surface area contributed by atoms with Gasteiger partial charge < -0.3 is 0 Å². The van der Waals surface area contributed by atoms with Crippen molar-refractivity contribution in [1.29, 1.82) is 0 Å². The van der Waals surface area contributed by atoms with E-state index in [-0.39, 0.29) is 15.5 Å². The van der Waals surface area contributed by atoms with E-state index in [2.05, 4.69) is 10.9 Å². The zero-order chi connectivity index (χ0) is 15.5. The summed E-state index contributed by atoms with van der Waals surface area (Å²) < 4.78 is 25.1. The molecule has 0 saturated heterocycles. The van der Waals surface area contributed by atoms with Gasteiger partial charge in [-0.25, -0.2) is 12.7 Å². The van der Waals surface area contributed by atoms with Crippen molar-refractivity contribution in [3.8, 4) is 0 Å². The molecule has 0 bridgehead atoms. The molecular formula is C11H14ClN3O4S. The van der Waals surface area contributed by atoms with Crippen LogP contribution in [0.5, 0.6) is 0 Å². The highest BCUT2D eigenvalue weighted by Gasteiger charge is 2.22. The molecule has 2 N–H and O–H groups in total. The number of amides is 2. The summed E-state index contributed by atoms with van der Waals surface area (Å²) in [4.78, 5) is 22.3. The van der Waals surface area contributed by atoms with Gasteiger partial charge in [-0.2, -0.15) is 0 Å². The summed E-state index contributed by atoms with van der Waals surface area (Å²) in [7, 11) is -1.05. The highest BCUT2D eigenvalue weighted by Crippen LogP contribution is 2.24. The minimum Gasteiger partial charge on any atom is -0.274 e. The van der Waals surface area contributed by atoms with Crippen LogP contribution < -0.4 is 10.9 Å². The molecule has 1 aromatic carbocycles. The Labute approximate surface area is 121 Å². The second kappa shape index (κ2) is 6.21. The van der Waals surface area contributed by atoms with E-state index < -0.39 is 21.8 Å². The Morgan fingerprint density at radius 2 is 1.80 bits per heavy atom. The second-order valence-electron chi connectivity index (χ2n) is 4.07. The van der Waals surface area contributed by atoms with Crippen LogP contribution in [0.2, 0.25) is 5.02 Å². The maximum absolute atomic E-state index is 12.0. The Morgan fingerprint density at radius 3 is 2.30 bits per heavy atom. The molecule has 0 aliphatic heterocycles. The minimum absolute atomic E-state index is 0.00905. The van der Waals surface area contributed by atoms with Crippen LogP contribution in [-0.2, 0) is 14.8 Å². The third-order valence-corrected chi connectivity index (χ3v) is 4.60. The predicted molar refractivity (Wildman–Crippen MR) is 73.6 cm³/mol. The molecular weight excluding hydrogens is 306 g/mol. The van der Waals surface area contributed by atoms with E-state index in [9.17, 15) is 18.0 Å². The maximum Gasteiger partial charge on any atom is 0.269 e. The largest absolute Gasteiger partial charge is 0.274 e. The standard InChI is InChI=1S/C11H14ClN3O4S/c1-7(16)13-14-11(17)8-4-5-9(12)10(6-8)20(18,19)15(2)3/h4-6H,1-3H3,(H,13,16)(H,14,17). The quantitative estimate of drug-likeness (QED) is 0.787. The van der Waals surface area contributed by atoms with Crippen LogP contribution in [0.15, 0.2) is 23.1 Å². The fourth-order valence-corrected chi connectivity index (χ4v) is 2.65. The highest BCUT2D eigenvalue weighted by atomic mass is 35.5. The number of carbonyl (C=O) groups excluding carboxylic acids is 2. The fraction of sp³-hybridized carbons (Fsp3) is 0.273. The van der Waals surface area contributed by atoms with Crippen LogP contribution >= 0.6 is 11.6 Å². The number of benzene rings is 1. The third kappa shape index (κ3) is 3.69. The first-order chi connectivity index (χ1) is 9.16. The Morgan fingerprint density at radius 1 is 1.20 bits per heavy atom. The molecule has 1 rings (SSSR count). The summed E-state index contributed by atoms with van der Waals surface area (Å²) in [5, 5.41) is 0.00905. The van der Waals surface area contributed by atoms with Crippen LogP contribution in [0.4, 0.5) is 0 Å². The summed E-state index contributed by atoms with van der Waals surface area (Å²) in [6.45, 7) is 1.23. The zero-order valence-corrected chi connectivity index (χ0v) is 12.7. The molecule has 0 heterocycles. The van der Waals surface area contributed by atoms with Crippen molar-refractivity contribution in [3.05, 3.63) is 28.8 Å². The molecule has 0 atom stereocenters. The second-order valence-corrected chi connectivity index (χ2v) is 6.60. The van der Waals surface area contributed by atoms with Gasteiger partial charge >= 0.3 is 0 Å². The highest BCUT2D eigenvalue weighted by molar-refractivity contribution is 7.89. The SMILES string of the molecule is CC(=O)NNC(=O)c1ccc(Cl)c(S(=O)(=O)N(C)C)c1. The molecule has 0 fully saturated rings. The molecule has 2 amide bonds. The monoisotopic (exact) mass is 319 g/mol. The Bertz CT molecular complexity index is 643. The van der Waals surface area contributed by atoms with Crippen LogP contribution in [0, 0.1) is 0 Å². The first-order valence-corrected chi connectivity index (χ1v) is 7.27. The first-order valence-electron chi connectivity index (χ1n) is 5.45. The summed E-state index contributed by atoms with van der Waals surface area (Å²) in [6.07, 6.45) is 0. The van der Waals surface area contributed by atoms with E-state index in [1.54, 1.807) is 0 Å². The van der Waals surface area contributed by atoms with Crippen molar-refractivity contribution in [3.63, 3.8) is 0 Å². The topological polar surface area (TPSA) is 95.6 Å². The number of nitrogens with one attached hydrogen (secondary N) is 2. The Balaban J connectivity index is 3.16. The number of halogens is 1. The number of hydrogen-bond donors (Lipinski definition) is 2. The van der Waals surface area contributed by atoms with E-state index in [1.165, 1.54) is 33.2 Å². The number of carbonyl (C=O) groups is 2. The number of hydrazine groups is 1. The molecule has 0 unspecified atom stereocenters. The van der Waals surface area contributed by atoms with E-state index in [4.69, 9.17) is 11.6 Å². The van der Waals surface area contributed by atoms with E-state index >= 15 is 0 Å². The smallest absolute Gasteiger partial charge is 0.269 e. The molecule has 110 valence electrons. The first kappa shape index (κ1) is 16.4. The average molecular weight is 320 g/mol. The lowest BCUT2D eigenvalue weighted by Crippen LogP contribution is -2.40. The molecule has 0 spiro atoms. The molecule has 0 aliphatic carbocycles. The van der Waals surface area contributed by atoms with Gasteiger partial charge in [0.2, 0.25) is 15.9 Å². The molecule has 7 nitrogen and oxygen atoms in total. The van der Waals surface area contributed by atoms with Crippen molar-refractivity contribution in [1.82, 2.24) is 15.2 Å². The van der Waals surface area contributed by atoms with Crippen molar-refractivity contribution in [2.75, 3.05) is 14.1 Å². The average Bonchev–Trinajstić information content (AvgIpc) is 2.35. The van der Waals surface area contributed by atoms with Gasteiger partial charge in [0, 0.05) is 26.6 Å². The predicted octanol–water partition coefficient (Wildman–Crippen LogP) is 0.371. The van der Waals surface area contributed by atoms with Gasteiger partial charge in [0.25, 0.3) is 5.91 Å². The normalized spacial score (nSPS) is 11.2. The van der Waals surface area contributed by atoms with Crippen LogP contribution in [0.3, 0.4) is 0 Å². The molecule has 0 aromatic heterocycles. The fourth-order valence-electron chi connectivity index (χ4n) is 1.26. The number of sulfonamides is 1. The van der Waals surface area contributed by atoms with Gasteiger partial charge in [-0.1, -0.05) is 11.6 Å². The zero-order valence-electron chi connectivity index (χ0n) is 11.1. The Kier molecular flexibility index (Phi) is 5.09. The molecule has 0 radical (unpaired) electrons. The lowest BCUT2D eigenvalue weighted by Gasteiger charge is -2.13. The molecule has 9 heteroatoms. The van der Waals surface area contributed by atoms with Gasteiger partial charge in [-0.05, 0) is 18.2 Å². The number of nitrogens with zero attached hydrogens (tertiary/aromatic N) is 1. The maximum atomic E-state index is 12.0. The summed E-state index contributed by atoms with van der Waals surface area (Å²) >= 11 is 5.85. The van der Waals surface area contributed by atoms with Crippen molar-refractivity contribution >= 4 is 33.4 Å². The third-order valence-electron chi connectivity index (χ3n) is 2.30. The van der Waals surface area contributed by atoms with E-state index in [0.29, 0.717) is 0 Å². The van der Waals surface area contributed by atoms with Gasteiger partial charge in [-0.3, -0.25) is 20.4 Å². The molecule has 0 saturated carbocycles. The molecule has 20 heavy (non-hydrogen) atoms. The van der Waals surface area contributed by atoms with Gasteiger partial charge in [0.15, 0.2) is 0 Å². The van der Waals surface area contributed by atoms with Gasteiger partial charge in [0.1, 0.15) is 4.90 Å².